The lowest BCUT2D eigenvalue weighted by molar-refractivity contribution is 0.903. The average Bonchev–Trinajstić information content (AvgIpc) is 2.50. The summed E-state index contributed by atoms with van der Waals surface area (Å²) >= 11 is 5.95. The maximum absolute atomic E-state index is 5.95. The van der Waals surface area contributed by atoms with E-state index in [-0.39, 0.29) is 0 Å². The molecule has 0 fully saturated rings. The van der Waals surface area contributed by atoms with Crippen molar-refractivity contribution in [2.75, 3.05) is 0 Å². The number of fused-ring (bicyclic) bond motifs is 1. The van der Waals surface area contributed by atoms with Crippen LogP contribution in [0.25, 0.3) is 0 Å². The van der Waals surface area contributed by atoms with Gasteiger partial charge in [-0.25, -0.2) is 0 Å². The lowest BCUT2D eigenvalue weighted by Gasteiger charge is -2.06. The van der Waals surface area contributed by atoms with Crippen LogP contribution in [0.15, 0.2) is 12.1 Å². The lowest BCUT2D eigenvalue weighted by atomic mass is 10.0. The molecule has 64 valence electrons. The van der Waals surface area contributed by atoms with Crippen LogP contribution in [0.3, 0.4) is 0 Å². The Hall–Kier alpha value is -0.530. The maximum atomic E-state index is 5.95. The molecule has 1 nitrogen and oxygen atoms in total. The van der Waals surface area contributed by atoms with Gasteiger partial charge in [0.25, 0.3) is 0 Å². The molecule has 0 radical (unpaired) electrons. The Balaban J connectivity index is 2.55. The van der Waals surface area contributed by atoms with Crippen molar-refractivity contribution in [2.45, 2.75) is 25.8 Å². The minimum absolute atomic E-state index is 0.614. The normalized spacial score (nSPS) is 14.8. The molecule has 0 saturated carbocycles. The van der Waals surface area contributed by atoms with Gasteiger partial charge >= 0.3 is 0 Å². The first-order chi connectivity index (χ1) is 5.81. The van der Waals surface area contributed by atoms with Gasteiger partial charge in [0, 0.05) is 11.6 Å². The summed E-state index contributed by atoms with van der Waals surface area (Å²) in [5, 5.41) is 0.830. The monoisotopic (exact) mass is 181 g/mol. The van der Waals surface area contributed by atoms with Gasteiger partial charge in [-0.1, -0.05) is 11.6 Å². The summed E-state index contributed by atoms with van der Waals surface area (Å²) in [5.41, 5.74) is 9.72. The second-order valence-electron chi connectivity index (χ2n) is 3.26. The molecule has 2 heteroatoms. The van der Waals surface area contributed by atoms with Gasteiger partial charge in [-0.05, 0) is 48.1 Å². The SMILES string of the molecule is NCc1cc(Cl)cc2c1CCC2. The number of rotatable bonds is 1. The zero-order valence-electron chi connectivity index (χ0n) is 6.94. The fourth-order valence-corrected chi connectivity index (χ4v) is 2.20. The highest BCUT2D eigenvalue weighted by Crippen LogP contribution is 2.28. The molecule has 2 N–H and O–H groups in total. The highest BCUT2D eigenvalue weighted by Gasteiger charge is 2.14. The number of aryl methyl sites for hydroxylation is 1. The van der Waals surface area contributed by atoms with Gasteiger partial charge in [0.15, 0.2) is 0 Å². The molecule has 1 aliphatic rings. The van der Waals surface area contributed by atoms with Crippen molar-refractivity contribution in [3.05, 3.63) is 33.8 Å². The molecule has 0 saturated heterocycles. The number of hydrogen-bond acceptors (Lipinski definition) is 1. The van der Waals surface area contributed by atoms with Crippen molar-refractivity contribution in [3.8, 4) is 0 Å². The number of nitrogens with two attached hydrogens (primary N) is 1. The third kappa shape index (κ3) is 1.23. The molecular formula is C10H12ClN. The van der Waals surface area contributed by atoms with E-state index in [1.54, 1.807) is 0 Å². The van der Waals surface area contributed by atoms with Crippen LogP contribution in [0.5, 0.6) is 0 Å². The Labute approximate surface area is 77.5 Å². The first kappa shape index (κ1) is 8.09. The molecule has 12 heavy (non-hydrogen) atoms. The smallest absolute Gasteiger partial charge is 0.0412 e. The molecule has 0 spiro atoms. The highest BCUT2D eigenvalue weighted by atomic mass is 35.5. The average molecular weight is 182 g/mol. The first-order valence-corrected chi connectivity index (χ1v) is 4.69. The quantitative estimate of drug-likeness (QED) is 0.707. The largest absolute Gasteiger partial charge is 0.326 e. The van der Waals surface area contributed by atoms with Crippen molar-refractivity contribution in [3.63, 3.8) is 0 Å². The topological polar surface area (TPSA) is 26.0 Å². The number of hydrogen-bond donors (Lipinski definition) is 1. The van der Waals surface area contributed by atoms with Gasteiger partial charge in [0.2, 0.25) is 0 Å². The van der Waals surface area contributed by atoms with E-state index in [0.29, 0.717) is 6.54 Å². The van der Waals surface area contributed by atoms with Crippen LogP contribution < -0.4 is 5.73 Å². The van der Waals surface area contributed by atoms with Crippen LogP contribution in [0.1, 0.15) is 23.1 Å². The van der Waals surface area contributed by atoms with Crippen LogP contribution >= 0.6 is 11.6 Å². The van der Waals surface area contributed by atoms with Gasteiger partial charge in [0.05, 0.1) is 0 Å². The third-order valence-corrected chi connectivity index (χ3v) is 2.71. The molecule has 0 aromatic heterocycles. The fourth-order valence-electron chi connectivity index (χ4n) is 1.94. The van der Waals surface area contributed by atoms with Gasteiger partial charge in [0.1, 0.15) is 0 Å². The maximum Gasteiger partial charge on any atom is 0.0412 e. The number of halogens is 1. The number of benzene rings is 1. The van der Waals surface area contributed by atoms with Crippen molar-refractivity contribution in [1.29, 1.82) is 0 Å². The van der Waals surface area contributed by atoms with Gasteiger partial charge < -0.3 is 5.73 Å². The summed E-state index contributed by atoms with van der Waals surface area (Å²) in [6.45, 7) is 0.614. The molecule has 1 aromatic rings. The molecule has 0 heterocycles. The summed E-state index contributed by atoms with van der Waals surface area (Å²) in [4.78, 5) is 0. The molecule has 0 amide bonds. The van der Waals surface area contributed by atoms with E-state index in [1.165, 1.54) is 36.0 Å². The minimum atomic E-state index is 0.614. The Morgan fingerprint density at radius 3 is 2.92 bits per heavy atom. The van der Waals surface area contributed by atoms with Crippen molar-refractivity contribution in [1.82, 2.24) is 0 Å². The van der Waals surface area contributed by atoms with E-state index in [2.05, 4.69) is 6.07 Å². The molecule has 0 aliphatic heterocycles. The van der Waals surface area contributed by atoms with Gasteiger partial charge in [-0.3, -0.25) is 0 Å². The van der Waals surface area contributed by atoms with E-state index in [9.17, 15) is 0 Å². The van der Waals surface area contributed by atoms with E-state index in [1.807, 2.05) is 6.07 Å². The van der Waals surface area contributed by atoms with Crippen molar-refractivity contribution in [2.24, 2.45) is 5.73 Å². The van der Waals surface area contributed by atoms with E-state index in [0.717, 1.165) is 5.02 Å². The second kappa shape index (κ2) is 3.08. The molecular weight excluding hydrogens is 170 g/mol. The zero-order valence-corrected chi connectivity index (χ0v) is 7.69. The van der Waals surface area contributed by atoms with Gasteiger partial charge in [-0.15, -0.1) is 0 Å². The Morgan fingerprint density at radius 2 is 2.17 bits per heavy atom. The Bertz CT molecular complexity index is 307. The van der Waals surface area contributed by atoms with Crippen molar-refractivity contribution < 1.29 is 0 Å². The molecule has 0 unspecified atom stereocenters. The summed E-state index contributed by atoms with van der Waals surface area (Å²) in [7, 11) is 0. The van der Waals surface area contributed by atoms with E-state index < -0.39 is 0 Å². The summed E-state index contributed by atoms with van der Waals surface area (Å²) in [6, 6.07) is 4.06. The van der Waals surface area contributed by atoms with Crippen LogP contribution in [0.4, 0.5) is 0 Å². The standard InChI is InChI=1S/C10H12ClN/c11-9-4-7-2-1-3-10(7)8(5-9)6-12/h4-5H,1-3,6,12H2. The molecule has 1 aromatic carbocycles. The summed E-state index contributed by atoms with van der Waals surface area (Å²) < 4.78 is 0. The van der Waals surface area contributed by atoms with Gasteiger partial charge in [-0.2, -0.15) is 0 Å². The second-order valence-corrected chi connectivity index (χ2v) is 3.70. The Morgan fingerprint density at radius 1 is 1.33 bits per heavy atom. The van der Waals surface area contributed by atoms with E-state index >= 15 is 0 Å². The van der Waals surface area contributed by atoms with Crippen LogP contribution in [0.2, 0.25) is 5.02 Å². The minimum Gasteiger partial charge on any atom is -0.326 e. The molecule has 2 rings (SSSR count). The molecule has 0 bridgehead atoms. The first-order valence-electron chi connectivity index (χ1n) is 4.31. The zero-order chi connectivity index (χ0) is 8.55. The third-order valence-electron chi connectivity index (χ3n) is 2.49. The molecule has 0 atom stereocenters. The summed E-state index contributed by atoms with van der Waals surface area (Å²) in [5.74, 6) is 0. The van der Waals surface area contributed by atoms with Crippen LogP contribution in [-0.4, -0.2) is 0 Å². The lowest BCUT2D eigenvalue weighted by Crippen LogP contribution is -2.01. The highest BCUT2D eigenvalue weighted by molar-refractivity contribution is 6.30. The van der Waals surface area contributed by atoms with Crippen LogP contribution in [-0.2, 0) is 19.4 Å². The molecule has 1 aliphatic carbocycles. The fraction of sp³-hybridized carbons (Fsp3) is 0.400. The summed E-state index contributed by atoms with van der Waals surface area (Å²) in [6.07, 6.45) is 3.60. The van der Waals surface area contributed by atoms with E-state index in [4.69, 9.17) is 17.3 Å². The predicted molar refractivity (Wildman–Crippen MR) is 51.4 cm³/mol. The predicted octanol–water partition coefficient (Wildman–Crippen LogP) is 2.29. The Kier molecular flexibility index (Phi) is 2.07. The van der Waals surface area contributed by atoms with Crippen molar-refractivity contribution >= 4 is 11.6 Å². The van der Waals surface area contributed by atoms with Crippen LogP contribution in [0, 0.1) is 0 Å².